The average Bonchev–Trinajstić information content (AvgIpc) is 2.55. The van der Waals surface area contributed by atoms with Crippen LogP contribution in [0, 0.1) is 18.8 Å². The molecule has 5 nitrogen and oxygen atoms in total. The number of rotatable bonds is 5. The van der Waals surface area contributed by atoms with E-state index in [1.54, 1.807) is 13.8 Å². The molecule has 0 N–H and O–H groups in total. The Morgan fingerprint density at radius 1 is 1.08 bits per heavy atom. The Kier molecular flexibility index (Phi) is 6.12. The first-order valence-corrected chi connectivity index (χ1v) is 8.42. The predicted octanol–water partition coefficient (Wildman–Crippen LogP) is 2.80. The Bertz CT molecular complexity index is 622. The van der Waals surface area contributed by atoms with E-state index in [4.69, 9.17) is 9.47 Å². The normalized spacial score (nSPS) is 23.6. The molecule has 130 valence electrons. The van der Waals surface area contributed by atoms with Gasteiger partial charge in [-0.05, 0) is 38.3 Å². The second-order valence-electron chi connectivity index (χ2n) is 5.98. The molecule has 0 aromatic heterocycles. The molecule has 0 saturated heterocycles. The fourth-order valence-electron chi connectivity index (χ4n) is 3.42. The molecule has 0 aliphatic heterocycles. The van der Waals surface area contributed by atoms with Gasteiger partial charge in [-0.2, -0.15) is 0 Å². The number of hydrogen-bond donors (Lipinski definition) is 0. The summed E-state index contributed by atoms with van der Waals surface area (Å²) in [5.41, 5.74) is 1.71. The summed E-state index contributed by atoms with van der Waals surface area (Å²) in [6.07, 6.45) is 0.585. The molecule has 2 rings (SSSR count). The van der Waals surface area contributed by atoms with Gasteiger partial charge in [-0.3, -0.25) is 14.4 Å². The molecule has 0 unspecified atom stereocenters. The lowest BCUT2D eigenvalue weighted by Crippen LogP contribution is -2.43. The van der Waals surface area contributed by atoms with Gasteiger partial charge in [0.2, 0.25) is 0 Å². The third-order valence-electron chi connectivity index (χ3n) is 4.51. The van der Waals surface area contributed by atoms with Gasteiger partial charge in [0.15, 0.2) is 0 Å². The summed E-state index contributed by atoms with van der Waals surface area (Å²) in [6.45, 7) is 5.79. The van der Waals surface area contributed by atoms with Gasteiger partial charge < -0.3 is 9.47 Å². The van der Waals surface area contributed by atoms with Gasteiger partial charge in [0.25, 0.3) is 0 Å². The van der Waals surface area contributed by atoms with Gasteiger partial charge in [-0.15, -0.1) is 0 Å². The lowest BCUT2D eigenvalue weighted by Gasteiger charge is -2.35. The second-order valence-corrected chi connectivity index (χ2v) is 5.98. The number of carbonyl (C=O) groups excluding carboxylic acids is 3. The van der Waals surface area contributed by atoms with Crippen LogP contribution >= 0.6 is 0 Å². The number of carbonyl (C=O) groups is 3. The number of esters is 2. The quantitative estimate of drug-likeness (QED) is 0.776. The van der Waals surface area contributed by atoms with Crippen LogP contribution in [0.25, 0.3) is 0 Å². The SMILES string of the molecule is CCOC(=O)[C@@H]1[C@@H](C(=O)OCC)CCC(=O)[C@H]1c1ccccc1C. The van der Waals surface area contributed by atoms with Gasteiger partial charge in [0.05, 0.1) is 31.0 Å². The minimum absolute atomic E-state index is 0.0251. The van der Waals surface area contributed by atoms with Crippen molar-refractivity contribution in [2.24, 2.45) is 11.8 Å². The summed E-state index contributed by atoms with van der Waals surface area (Å²) in [5, 5.41) is 0. The first-order valence-electron chi connectivity index (χ1n) is 8.42. The number of ether oxygens (including phenoxy) is 2. The van der Waals surface area contributed by atoms with Gasteiger partial charge in [0.1, 0.15) is 5.78 Å². The standard InChI is InChI=1S/C19H24O5/c1-4-23-18(21)14-10-11-15(20)16(17(14)19(22)24-5-2)13-9-7-6-8-12(13)3/h6-9,14,16-17H,4-5,10-11H2,1-3H3/t14-,16+,17+/m0/s1. The molecule has 1 fully saturated rings. The smallest absolute Gasteiger partial charge is 0.310 e. The van der Waals surface area contributed by atoms with E-state index >= 15 is 0 Å². The monoisotopic (exact) mass is 332 g/mol. The number of benzene rings is 1. The summed E-state index contributed by atoms with van der Waals surface area (Å²) < 4.78 is 10.3. The van der Waals surface area contributed by atoms with Crippen molar-refractivity contribution < 1.29 is 23.9 Å². The maximum absolute atomic E-state index is 12.6. The summed E-state index contributed by atoms with van der Waals surface area (Å²) in [7, 11) is 0. The van der Waals surface area contributed by atoms with Crippen LogP contribution < -0.4 is 0 Å². The Balaban J connectivity index is 2.46. The largest absolute Gasteiger partial charge is 0.466 e. The van der Waals surface area contributed by atoms with Crippen molar-refractivity contribution in [2.75, 3.05) is 13.2 Å². The lowest BCUT2D eigenvalue weighted by molar-refractivity contribution is -0.164. The molecule has 1 aliphatic rings. The van der Waals surface area contributed by atoms with Crippen molar-refractivity contribution in [1.29, 1.82) is 0 Å². The zero-order valence-electron chi connectivity index (χ0n) is 14.4. The molecule has 0 bridgehead atoms. The van der Waals surface area contributed by atoms with E-state index in [1.807, 2.05) is 31.2 Å². The number of hydrogen-bond acceptors (Lipinski definition) is 5. The van der Waals surface area contributed by atoms with Crippen molar-refractivity contribution >= 4 is 17.7 Å². The molecule has 3 atom stereocenters. The van der Waals surface area contributed by atoms with Crippen LogP contribution in [0.2, 0.25) is 0 Å². The summed E-state index contributed by atoms with van der Waals surface area (Å²) >= 11 is 0. The minimum Gasteiger partial charge on any atom is -0.466 e. The molecule has 1 aliphatic carbocycles. The number of ketones is 1. The van der Waals surface area contributed by atoms with E-state index in [1.165, 1.54) is 0 Å². The van der Waals surface area contributed by atoms with Crippen LogP contribution in [0.1, 0.15) is 43.7 Å². The first-order chi connectivity index (χ1) is 11.5. The highest BCUT2D eigenvalue weighted by Gasteiger charge is 2.48. The van der Waals surface area contributed by atoms with Crippen LogP contribution in [0.15, 0.2) is 24.3 Å². The second kappa shape index (κ2) is 8.08. The van der Waals surface area contributed by atoms with E-state index < -0.39 is 29.7 Å². The van der Waals surface area contributed by atoms with Crippen molar-refractivity contribution in [3.63, 3.8) is 0 Å². The Hall–Kier alpha value is -2.17. The van der Waals surface area contributed by atoms with Gasteiger partial charge in [0, 0.05) is 6.42 Å². The van der Waals surface area contributed by atoms with Crippen LogP contribution in [0.5, 0.6) is 0 Å². The van der Waals surface area contributed by atoms with Gasteiger partial charge in [-0.25, -0.2) is 0 Å². The van der Waals surface area contributed by atoms with Crippen molar-refractivity contribution in [3.05, 3.63) is 35.4 Å². The molecule has 0 amide bonds. The summed E-state index contributed by atoms with van der Waals surface area (Å²) in [4.78, 5) is 37.6. The molecule has 1 aromatic carbocycles. The highest BCUT2D eigenvalue weighted by molar-refractivity contribution is 5.96. The van der Waals surface area contributed by atoms with E-state index in [-0.39, 0.29) is 25.4 Å². The van der Waals surface area contributed by atoms with Gasteiger partial charge >= 0.3 is 11.9 Å². The molecule has 1 aromatic rings. The van der Waals surface area contributed by atoms with E-state index in [2.05, 4.69) is 0 Å². The van der Waals surface area contributed by atoms with E-state index in [9.17, 15) is 14.4 Å². The molecule has 0 radical (unpaired) electrons. The fraction of sp³-hybridized carbons (Fsp3) is 0.526. The van der Waals surface area contributed by atoms with Crippen molar-refractivity contribution in [1.82, 2.24) is 0 Å². The molecule has 1 saturated carbocycles. The van der Waals surface area contributed by atoms with E-state index in [0.717, 1.165) is 11.1 Å². The molecule has 5 heteroatoms. The van der Waals surface area contributed by atoms with E-state index in [0.29, 0.717) is 6.42 Å². The highest BCUT2D eigenvalue weighted by Crippen LogP contribution is 2.41. The van der Waals surface area contributed by atoms with Crippen molar-refractivity contribution in [3.8, 4) is 0 Å². The molecule has 0 spiro atoms. The first kappa shape index (κ1) is 18.2. The molecule has 0 heterocycles. The summed E-state index contributed by atoms with van der Waals surface area (Å²) in [6, 6.07) is 7.47. The van der Waals surface area contributed by atoms with Crippen molar-refractivity contribution in [2.45, 2.75) is 39.5 Å². The lowest BCUT2D eigenvalue weighted by atomic mass is 9.68. The zero-order valence-corrected chi connectivity index (χ0v) is 14.4. The third kappa shape index (κ3) is 3.66. The topological polar surface area (TPSA) is 69.7 Å². The maximum atomic E-state index is 12.6. The van der Waals surface area contributed by atoms with Crippen LogP contribution in [-0.2, 0) is 23.9 Å². The Labute approximate surface area is 142 Å². The third-order valence-corrected chi connectivity index (χ3v) is 4.51. The Morgan fingerprint density at radius 2 is 1.71 bits per heavy atom. The number of aryl methyl sites for hydroxylation is 1. The average molecular weight is 332 g/mol. The zero-order chi connectivity index (χ0) is 17.7. The van der Waals surface area contributed by atoms with Crippen LogP contribution in [0.4, 0.5) is 0 Å². The fourth-order valence-corrected chi connectivity index (χ4v) is 3.42. The summed E-state index contributed by atoms with van der Waals surface area (Å²) in [5.74, 6) is -3.09. The van der Waals surface area contributed by atoms with Crippen LogP contribution in [0.3, 0.4) is 0 Å². The molecule has 24 heavy (non-hydrogen) atoms. The molecular weight excluding hydrogens is 308 g/mol. The highest BCUT2D eigenvalue weighted by atomic mass is 16.5. The predicted molar refractivity (Wildman–Crippen MR) is 88.4 cm³/mol. The minimum atomic E-state index is -0.827. The Morgan fingerprint density at radius 3 is 2.33 bits per heavy atom. The van der Waals surface area contributed by atoms with Crippen LogP contribution in [-0.4, -0.2) is 30.9 Å². The molecular formula is C19H24O5. The number of Topliss-reactive ketones (excluding diaryl/α,β-unsaturated/α-hetero) is 1. The maximum Gasteiger partial charge on any atom is 0.310 e. The van der Waals surface area contributed by atoms with Gasteiger partial charge in [-0.1, -0.05) is 24.3 Å².